The van der Waals surface area contributed by atoms with Gasteiger partial charge in [0.1, 0.15) is 0 Å². The molecule has 5 heavy (non-hydrogen) atoms. The zero-order chi connectivity index (χ0) is 4.28. The van der Waals surface area contributed by atoms with Crippen molar-refractivity contribution in [1.29, 1.82) is 5.26 Å². The van der Waals surface area contributed by atoms with E-state index in [1.54, 1.807) is 0 Å². The van der Waals surface area contributed by atoms with E-state index in [-0.39, 0.29) is 4.82 Å². The number of nitrogens with zero attached hydrogens (tertiary/aromatic N) is 1. The third-order valence-corrected chi connectivity index (χ3v) is 0.429. The van der Waals surface area contributed by atoms with Crippen molar-refractivity contribution < 1.29 is 0 Å². The second-order valence-corrected chi connectivity index (χ2v) is 2.43. The van der Waals surface area contributed by atoms with Gasteiger partial charge in [-0.15, -0.1) is 0 Å². The number of hydrogen-bond donors (Lipinski definition) is 0. The fraction of sp³-hybridized carbons (Fsp3) is 0.667. The van der Waals surface area contributed by atoms with E-state index in [0.717, 1.165) is 0 Å². The van der Waals surface area contributed by atoms with Crippen LogP contribution in [0.2, 0.25) is 4.82 Å². The third-order valence-electron chi connectivity index (χ3n) is 0.187. The Kier molecular flexibility index (Phi) is 2.26. The van der Waals surface area contributed by atoms with Gasteiger partial charge in [0.25, 0.3) is 0 Å². The molecule has 0 aromatic carbocycles. The van der Waals surface area contributed by atoms with Crippen molar-refractivity contribution in [2.75, 3.05) is 0 Å². The Hall–Kier alpha value is 0.00948. The van der Waals surface area contributed by atoms with Gasteiger partial charge in [0.15, 0.2) is 0 Å². The van der Waals surface area contributed by atoms with Crippen LogP contribution in [-0.4, -0.2) is 16.0 Å². The maximum atomic E-state index is 7.88. The van der Waals surface area contributed by atoms with E-state index in [2.05, 4.69) is 16.0 Å². The molecule has 0 aliphatic heterocycles. The van der Waals surface area contributed by atoms with Gasteiger partial charge in [0.2, 0.25) is 0 Å². The molecule has 0 saturated carbocycles. The monoisotopic (exact) mass is 135 g/mol. The summed E-state index contributed by atoms with van der Waals surface area (Å²) >= 11 is 2.24. The van der Waals surface area contributed by atoms with E-state index in [1.165, 1.54) is 0 Å². The van der Waals surface area contributed by atoms with Crippen LogP contribution in [0.15, 0.2) is 0 Å². The summed E-state index contributed by atoms with van der Waals surface area (Å²) in [7, 11) is 0. The summed E-state index contributed by atoms with van der Waals surface area (Å²) in [5.74, 6) is 0. The molecule has 2 heteroatoms. The Balaban J connectivity index is 2.94. The van der Waals surface area contributed by atoms with E-state index in [9.17, 15) is 0 Å². The summed E-state index contributed by atoms with van der Waals surface area (Å²) in [6.07, 6.45) is 0. The Morgan fingerprint density at radius 1 is 2.00 bits per heavy atom. The van der Waals surface area contributed by atoms with E-state index in [4.69, 9.17) is 5.26 Å². The maximum absolute atomic E-state index is 7.88. The van der Waals surface area contributed by atoms with Crippen molar-refractivity contribution in [3.8, 4) is 6.07 Å². The Morgan fingerprint density at radius 2 is 2.20 bits per heavy atom. The molecule has 0 N–H and O–H groups in total. The van der Waals surface area contributed by atoms with Crippen LogP contribution < -0.4 is 0 Å². The number of rotatable bonds is 0. The predicted octanol–water partition coefficient (Wildman–Crippen LogP) is 0.219. The standard InChI is InChI=1S/C3H5NSe/c1-3(5)2-4/h3,5H,1H3. The number of nitriles is 1. The quantitative estimate of drug-likeness (QED) is 0.434. The summed E-state index contributed by atoms with van der Waals surface area (Å²) in [4.78, 5) is 0.127. The topological polar surface area (TPSA) is 23.8 Å². The molecule has 1 atom stereocenters. The fourth-order valence-corrected chi connectivity index (χ4v) is 0. The van der Waals surface area contributed by atoms with Gasteiger partial charge in [-0.1, -0.05) is 0 Å². The van der Waals surface area contributed by atoms with E-state index >= 15 is 0 Å². The molecule has 0 aliphatic carbocycles. The minimum atomic E-state index is 0.127. The van der Waals surface area contributed by atoms with Crippen molar-refractivity contribution >= 4 is 16.0 Å². The van der Waals surface area contributed by atoms with Crippen molar-refractivity contribution in [2.24, 2.45) is 0 Å². The Bertz CT molecular complexity index is 52.4. The first-order chi connectivity index (χ1) is 2.27. The zero-order valence-corrected chi connectivity index (χ0v) is 4.85. The molecule has 0 aliphatic rings. The zero-order valence-electron chi connectivity index (χ0n) is 2.97. The van der Waals surface area contributed by atoms with Crippen LogP contribution in [0.1, 0.15) is 6.92 Å². The first kappa shape index (κ1) is 5.01. The fourth-order valence-electron chi connectivity index (χ4n) is 0. The summed E-state index contributed by atoms with van der Waals surface area (Å²) < 4.78 is 0. The average Bonchev–Trinajstić information content (AvgIpc) is 1.38. The van der Waals surface area contributed by atoms with E-state index < -0.39 is 0 Å². The van der Waals surface area contributed by atoms with Gasteiger partial charge in [-0.05, 0) is 0 Å². The van der Waals surface area contributed by atoms with Gasteiger partial charge in [-0.2, -0.15) is 0 Å². The molecule has 0 aromatic heterocycles. The number of hydrogen-bond acceptors (Lipinski definition) is 1. The van der Waals surface area contributed by atoms with Gasteiger partial charge in [-0.25, -0.2) is 0 Å². The SMILES string of the molecule is CC([SeH])C#N. The molecule has 0 fully saturated rings. The van der Waals surface area contributed by atoms with Gasteiger partial charge in [-0.3, -0.25) is 0 Å². The van der Waals surface area contributed by atoms with Crippen molar-refractivity contribution in [2.45, 2.75) is 11.7 Å². The van der Waals surface area contributed by atoms with Gasteiger partial charge in [0.05, 0.1) is 0 Å². The van der Waals surface area contributed by atoms with Crippen LogP contribution in [0.5, 0.6) is 0 Å². The summed E-state index contributed by atoms with van der Waals surface area (Å²) in [6, 6.07) is 2.00. The van der Waals surface area contributed by atoms with Crippen molar-refractivity contribution in [3.05, 3.63) is 0 Å². The van der Waals surface area contributed by atoms with Crippen LogP contribution in [-0.2, 0) is 0 Å². The van der Waals surface area contributed by atoms with E-state index in [0.29, 0.717) is 0 Å². The molecule has 1 nitrogen and oxygen atoms in total. The van der Waals surface area contributed by atoms with Gasteiger partial charge < -0.3 is 0 Å². The van der Waals surface area contributed by atoms with Crippen LogP contribution in [0.25, 0.3) is 0 Å². The van der Waals surface area contributed by atoms with Crippen LogP contribution in [0.3, 0.4) is 0 Å². The Morgan fingerprint density at radius 3 is 2.20 bits per heavy atom. The molecule has 0 rings (SSSR count). The summed E-state index contributed by atoms with van der Waals surface area (Å²) in [5.41, 5.74) is 0. The molecule has 1 unspecified atom stereocenters. The second-order valence-electron chi connectivity index (χ2n) is 0.805. The summed E-state index contributed by atoms with van der Waals surface area (Å²) in [6.45, 7) is 1.83. The molecular weight excluding hydrogens is 129 g/mol. The molecule has 28 valence electrons. The first-order valence-corrected chi connectivity index (χ1v) is 2.43. The van der Waals surface area contributed by atoms with Crippen LogP contribution in [0, 0.1) is 11.3 Å². The normalized spacial score (nSPS) is 13.0. The van der Waals surface area contributed by atoms with Crippen molar-refractivity contribution in [1.82, 2.24) is 0 Å². The molecule has 0 spiro atoms. The minimum absolute atomic E-state index is 0.127. The molecule has 0 saturated heterocycles. The van der Waals surface area contributed by atoms with Crippen LogP contribution in [0.4, 0.5) is 0 Å². The second kappa shape index (κ2) is 2.26. The summed E-state index contributed by atoms with van der Waals surface area (Å²) in [5, 5.41) is 7.88. The molecular formula is C3H5NSe. The molecule has 0 heterocycles. The first-order valence-electron chi connectivity index (χ1n) is 1.35. The van der Waals surface area contributed by atoms with E-state index in [1.807, 2.05) is 13.0 Å². The molecule has 0 aromatic rings. The van der Waals surface area contributed by atoms with Gasteiger partial charge in [0, 0.05) is 0 Å². The van der Waals surface area contributed by atoms with Crippen LogP contribution >= 0.6 is 0 Å². The molecule has 0 radical (unpaired) electrons. The van der Waals surface area contributed by atoms with Crippen molar-refractivity contribution in [3.63, 3.8) is 0 Å². The predicted molar refractivity (Wildman–Crippen MR) is 22.2 cm³/mol. The Labute approximate surface area is 39.8 Å². The molecule has 0 amide bonds. The molecule has 0 bridgehead atoms. The third kappa shape index (κ3) is 4.01. The average molecular weight is 134 g/mol. The van der Waals surface area contributed by atoms with Gasteiger partial charge >= 0.3 is 39.1 Å².